The Bertz CT molecular complexity index is 604. The third kappa shape index (κ3) is 5.21. The number of urea groups is 1. The maximum absolute atomic E-state index is 12.6. The Labute approximate surface area is 138 Å². The summed E-state index contributed by atoms with van der Waals surface area (Å²) in [5.74, 6) is 0.00979. The monoisotopic (exact) mass is 339 g/mol. The van der Waals surface area contributed by atoms with Crippen molar-refractivity contribution in [2.45, 2.75) is 25.5 Å². The zero-order chi connectivity index (χ0) is 16.7. The predicted molar refractivity (Wildman–Crippen MR) is 90.5 cm³/mol. The fraction of sp³-hybridized carbons (Fsp3) is 0.562. The fourth-order valence-corrected chi connectivity index (χ4v) is 4.16. The Hall–Kier alpha value is -1.60. The first-order chi connectivity index (χ1) is 11.0. The van der Waals surface area contributed by atoms with E-state index in [0.29, 0.717) is 39.1 Å². The highest BCUT2D eigenvalue weighted by molar-refractivity contribution is 7.88. The van der Waals surface area contributed by atoms with E-state index in [9.17, 15) is 13.2 Å². The zero-order valence-corrected chi connectivity index (χ0v) is 14.4. The maximum atomic E-state index is 12.6. The van der Waals surface area contributed by atoms with E-state index in [2.05, 4.69) is 5.32 Å². The molecule has 1 fully saturated rings. The van der Waals surface area contributed by atoms with E-state index in [0.717, 1.165) is 12.0 Å². The number of hydrogen-bond donors (Lipinski definition) is 1. The molecule has 2 rings (SSSR count). The molecule has 0 unspecified atom stereocenters. The first-order valence-corrected chi connectivity index (χ1v) is 9.68. The smallest absolute Gasteiger partial charge is 0.317 e. The van der Waals surface area contributed by atoms with E-state index in [1.165, 1.54) is 4.31 Å². The second-order valence-electron chi connectivity index (χ2n) is 5.71. The third-order valence-corrected chi connectivity index (χ3v) is 5.70. The largest absolute Gasteiger partial charge is 0.338 e. The van der Waals surface area contributed by atoms with Crippen LogP contribution in [0.1, 0.15) is 25.3 Å². The van der Waals surface area contributed by atoms with Gasteiger partial charge in [0.2, 0.25) is 10.0 Å². The Balaban J connectivity index is 1.95. The van der Waals surface area contributed by atoms with E-state index in [-0.39, 0.29) is 11.8 Å². The van der Waals surface area contributed by atoms with Crippen molar-refractivity contribution in [2.75, 3.05) is 32.7 Å². The first-order valence-electron chi connectivity index (χ1n) is 8.07. The number of rotatable bonds is 5. The van der Waals surface area contributed by atoms with E-state index < -0.39 is 10.0 Å². The molecule has 1 aromatic rings. The number of benzene rings is 1. The van der Waals surface area contributed by atoms with Crippen molar-refractivity contribution >= 4 is 16.1 Å². The van der Waals surface area contributed by atoms with Crippen molar-refractivity contribution < 1.29 is 13.2 Å². The summed E-state index contributed by atoms with van der Waals surface area (Å²) in [5.41, 5.74) is 0.786. The quantitative estimate of drug-likeness (QED) is 0.887. The Morgan fingerprint density at radius 3 is 2.57 bits per heavy atom. The highest BCUT2D eigenvalue weighted by Crippen LogP contribution is 2.14. The van der Waals surface area contributed by atoms with Crippen LogP contribution in [0.3, 0.4) is 0 Å². The number of nitrogens with zero attached hydrogens (tertiary/aromatic N) is 2. The Morgan fingerprint density at radius 1 is 1.13 bits per heavy atom. The van der Waals surface area contributed by atoms with Crippen LogP contribution in [0.5, 0.6) is 0 Å². The highest BCUT2D eigenvalue weighted by atomic mass is 32.2. The lowest BCUT2D eigenvalue weighted by Gasteiger charge is -2.22. The van der Waals surface area contributed by atoms with Crippen LogP contribution in [-0.4, -0.2) is 56.4 Å². The van der Waals surface area contributed by atoms with Crippen molar-refractivity contribution in [1.29, 1.82) is 0 Å². The standard InChI is InChI=1S/C16H25N3O3S/c1-2-9-17-16(20)18-10-6-11-19(13-12-18)23(21,22)14-15-7-4-3-5-8-15/h3-5,7-8H,2,6,9-14H2,1H3,(H,17,20). The van der Waals surface area contributed by atoms with Crippen molar-refractivity contribution in [3.63, 3.8) is 0 Å². The van der Waals surface area contributed by atoms with Gasteiger partial charge in [-0.1, -0.05) is 37.3 Å². The summed E-state index contributed by atoms with van der Waals surface area (Å²) in [6.07, 6.45) is 1.55. The molecule has 7 heteroatoms. The number of carbonyl (C=O) groups is 1. The van der Waals surface area contributed by atoms with Crippen molar-refractivity contribution in [2.24, 2.45) is 0 Å². The van der Waals surface area contributed by atoms with Gasteiger partial charge in [-0.25, -0.2) is 13.2 Å². The minimum Gasteiger partial charge on any atom is -0.338 e. The summed E-state index contributed by atoms with van der Waals surface area (Å²) in [4.78, 5) is 13.7. The highest BCUT2D eigenvalue weighted by Gasteiger charge is 2.26. The summed E-state index contributed by atoms with van der Waals surface area (Å²) in [5, 5.41) is 2.84. The molecule has 2 amide bonds. The van der Waals surface area contributed by atoms with Gasteiger partial charge in [0.05, 0.1) is 5.75 Å². The van der Waals surface area contributed by atoms with Gasteiger partial charge in [-0.05, 0) is 18.4 Å². The fourth-order valence-electron chi connectivity index (χ4n) is 2.59. The van der Waals surface area contributed by atoms with Gasteiger partial charge in [0.25, 0.3) is 0 Å². The molecule has 1 aliphatic heterocycles. The van der Waals surface area contributed by atoms with Crippen molar-refractivity contribution in [3.8, 4) is 0 Å². The SMILES string of the molecule is CCCNC(=O)N1CCCN(S(=O)(=O)Cc2ccccc2)CC1. The number of carbonyl (C=O) groups excluding carboxylic acids is 1. The molecule has 0 bridgehead atoms. The molecule has 0 aliphatic carbocycles. The maximum Gasteiger partial charge on any atom is 0.317 e. The molecule has 6 nitrogen and oxygen atoms in total. The number of nitrogens with one attached hydrogen (secondary N) is 1. The topological polar surface area (TPSA) is 69.7 Å². The molecule has 1 aromatic carbocycles. The molecular weight excluding hydrogens is 314 g/mol. The molecule has 1 saturated heterocycles. The van der Waals surface area contributed by atoms with Gasteiger partial charge in [0, 0.05) is 32.7 Å². The van der Waals surface area contributed by atoms with Crippen LogP contribution in [0.4, 0.5) is 4.79 Å². The summed E-state index contributed by atoms with van der Waals surface area (Å²) < 4.78 is 26.6. The van der Waals surface area contributed by atoms with E-state index in [1.807, 2.05) is 37.3 Å². The molecule has 0 spiro atoms. The molecule has 1 aliphatic rings. The van der Waals surface area contributed by atoms with Crippen LogP contribution in [0, 0.1) is 0 Å². The average Bonchev–Trinajstić information content (AvgIpc) is 2.80. The lowest BCUT2D eigenvalue weighted by Crippen LogP contribution is -2.42. The molecule has 128 valence electrons. The molecule has 0 aromatic heterocycles. The van der Waals surface area contributed by atoms with Gasteiger partial charge < -0.3 is 10.2 Å². The van der Waals surface area contributed by atoms with Gasteiger partial charge >= 0.3 is 6.03 Å². The van der Waals surface area contributed by atoms with Crippen LogP contribution in [0.15, 0.2) is 30.3 Å². The molecule has 0 radical (unpaired) electrons. The second kappa shape index (κ2) is 8.31. The molecular formula is C16H25N3O3S. The van der Waals surface area contributed by atoms with Gasteiger partial charge in [-0.15, -0.1) is 0 Å². The first kappa shape index (κ1) is 17.7. The van der Waals surface area contributed by atoms with Crippen LogP contribution in [0.2, 0.25) is 0 Å². The number of hydrogen-bond acceptors (Lipinski definition) is 3. The van der Waals surface area contributed by atoms with Crippen LogP contribution in [-0.2, 0) is 15.8 Å². The van der Waals surface area contributed by atoms with Crippen molar-refractivity contribution in [3.05, 3.63) is 35.9 Å². The van der Waals surface area contributed by atoms with Gasteiger partial charge in [-0.3, -0.25) is 0 Å². The average molecular weight is 339 g/mol. The van der Waals surface area contributed by atoms with Crippen molar-refractivity contribution in [1.82, 2.24) is 14.5 Å². The zero-order valence-electron chi connectivity index (χ0n) is 13.6. The summed E-state index contributed by atoms with van der Waals surface area (Å²) in [7, 11) is -3.35. The normalized spacial score (nSPS) is 16.8. The summed E-state index contributed by atoms with van der Waals surface area (Å²) in [6, 6.07) is 9.09. The molecule has 0 saturated carbocycles. The summed E-state index contributed by atoms with van der Waals surface area (Å²) in [6.45, 7) is 4.49. The minimum atomic E-state index is -3.35. The second-order valence-corrected chi connectivity index (χ2v) is 7.68. The minimum absolute atomic E-state index is 0.00979. The van der Waals surface area contributed by atoms with Gasteiger partial charge in [-0.2, -0.15) is 4.31 Å². The van der Waals surface area contributed by atoms with Crippen LogP contribution < -0.4 is 5.32 Å². The lowest BCUT2D eigenvalue weighted by molar-refractivity contribution is 0.200. The number of amides is 2. The number of sulfonamides is 1. The Kier molecular flexibility index (Phi) is 6.41. The van der Waals surface area contributed by atoms with Gasteiger partial charge in [0.15, 0.2) is 0 Å². The molecule has 1 N–H and O–H groups in total. The molecule has 0 atom stereocenters. The van der Waals surface area contributed by atoms with E-state index in [1.54, 1.807) is 4.90 Å². The molecule has 1 heterocycles. The van der Waals surface area contributed by atoms with Crippen LogP contribution >= 0.6 is 0 Å². The molecule has 23 heavy (non-hydrogen) atoms. The Morgan fingerprint density at radius 2 is 1.87 bits per heavy atom. The lowest BCUT2D eigenvalue weighted by atomic mass is 10.2. The third-order valence-electron chi connectivity index (χ3n) is 3.85. The predicted octanol–water partition coefficient (Wildman–Crippen LogP) is 1.64. The van der Waals surface area contributed by atoms with Crippen LogP contribution in [0.25, 0.3) is 0 Å². The summed E-state index contributed by atoms with van der Waals surface area (Å²) >= 11 is 0. The van der Waals surface area contributed by atoms with Gasteiger partial charge in [0.1, 0.15) is 0 Å². The van der Waals surface area contributed by atoms with E-state index >= 15 is 0 Å². The van der Waals surface area contributed by atoms with E-state index in [4.69, 9.17) is 0 Å².